The van der Waals surface area contributed by atoms with Crippen LogP contribution in [0.5, 0.6) is 0 Å². The highest BCUT2D eigenvalue weighted by molar-refractivity contribution is 5.83. The van der Waals surface area contributed by atoms with Crippen LogP contribution < -0.4 is 0 Å². The van der Waals surface area contributed by atoms with Gasteiger partial charge < -0.3 is 4.90 Å². The van der Waals surface area contributed by atoms with Crippen LogP contribution in [0.25, 0.3) is 0 Å². The van der Waals surface area contributed by atoms with E-state index in [1.54, 1.807) is 0 Å². The van der Waals surface area contributed by atoms with Gasteiger partial charge in [-0.2, -0.15) is 10.2 Å². The van der Waals surface area contributed by atoms with Gasteiger partial charge in [0.05, 0.1) is 11.9 Å². The molecule has 0 bridgehead atoms. The Balaban J connectivity index is 1.41. The van der Waals surface area contributed by atoms with Crippen molar-refractivity contribution in [1.82, 2.24) is 24.9 Å². The summed E-state index contributed by atoms with van der Waals surface area (Å²) in [5.74, 6) is 1.20. The number of rotatable bonds is 3. The van der Waals surface area contributed by atoms with E-state index in [1.165, 1.54) is 5.56 Å². The maximum Gasteiger partial charge on any atom is 0.226 e. The highest BCUT2D eigenvalue weighted by atomic mass is 16.2. The Morgan fingerprint density at radius 3 is 3.00 bits per heavy atom. The Morgan fingerprint density at radius 2 is 2.30 bits per heavy atom. The second-order valence-corrected chi connectivity index (χ2v) is 7.00. The number of H-pyrrole nitrogens is 1. The predicted molar refractivity (Wildman–Crippen MR) is 85.9 cm³/mol. The van der Waals surface area contributed by atoms with Crippen molar-refractivity contribution >= 4 is 5.91 Å². The fraction of sp³-hybridized carbons (Fsp3) is 0.588. The number of hydrogen-bond acceptors (Lipinski definition) is 3. The highest BCUT2D eigenvalue weighted by Crippen LogP contribution is 2.48. The zero-order valence-corrected chi connectivity index (χ0v) is 13.7. The number of aryl methyl sites for hydroxylation is 2. The molecule has 0 spiro atoms. The van der Waals surface area contributed by atoms with Crippen LogP contribution in [0.4, 0.5) is 0 Å². The summed E-state index contributed by atoms with van der Waals surface area (Å²) < 4.78 is 1.81. The van der Waals surface area contributed by atoms with Crippen molar-refractivity contribution in [3.8, 4) is 0 Å². The Kier molecular flexibility index (Phi) is 3.47. The van der Waals surface area contributed by atoms with Crippen molar-refractivity contribution < 1.29 is 4.79 Å². The van der Waals surface area contributed by atoms with Crippen molar-refractivity contribution in [2.75, 3.05) is 13.1 Å². The average molecular weight is 313 g/mol. The van der Waals surface area contributed by atoms with E-state index >= 15 is 0 Å². The summed E-state index contributed by atoms with van der Waals surface area (Å²) >= 11 is 0. The number of hydrogen-bond donors (Lipinski definition) is 1. The molecule has 1 saturated carbocycles. The first-order valence-electron chi connectivity index (χ1n) is 8.41. The van der Waals surface area contributed by atoms with E-state index in [2.05, 4.69) is 26.3 Å². The van der Waals surface area contributed by atoms with E-state index < -0.39 is 0 Å². The van der Waals surface area contributed by atoms with Gasteiger partial charge in [0.25, 0.3) is 0 Å². The fourth-order valence-corrected chi connectivity index (χ4v) is 3.77. The number of aromatic nitrogens is 4. The molecule has 2 fully saturated rings. The van der Waals surface area contributed by atoms with Crippen LogP contribution in [0.3, 0.4) is 0 Å². The first kappa shape index (κ1) is 14.5. The fourth-order valence-electron chi connectivity index (χ4n) is 3.77. The van der Waals surface area contributed by atoms with Gasteiger partial charge in [-0.05, 0) is 43.7 Å². The summed E-state index contributed by atoms with van der Waals surface area (Å²) in [5, 5.41) is 11.6. The molecule has 1 saturated heterocycles. The second kappa shape index (κ2) is 5.51. The maximum absolute atomic E-state index is 12.8. The minimum Gasteiger partial charge on any atom is -0.342 e. The third kappa shape index (κ3) is 2.78. The molecule has 6 nitrogen and oxygen atoms in total. The molecule has 0 aromatic carbocycles. The van der Waals surface area contributed by atoms with Crippen LogP contribution in [-0.2, 0) is 11.8 Å². The molecule has 2 aromatic heterocycles. The lowest BCUT2D eigenvalue weighted by Crippen LogP contribution is -2.40. The largest absolute Gasteiger partial charge is 0.342 e. The molecule has 1 amide bonds. The van der Waals surface area contributed by atoms with Gasteiger partial charge in [0.15, 0.2) is 0 Å². The number of aromatic amines is 1. The van der Waals surface area contributed by atoms with Crippen LogP contribution in [-0.4, -0.2) is 43.9 Å². The molecule has 1 aliphatic heterocycles. The Hall–Kier alpha value is -2.11. The molecule has 3 heterocycles. The predicted octanol–water partition coefficient (Wildman–Crippen LogP) is 1.96. The molecule has 0 radical (unpaired) electrons. The number of nitrogens with one attached hydrogen (secondary N) is 1. The molecular weight excluding hydrogens is 290 g/mol. The summed E-state index contributed by atoms with van der Waals surface area (Å²) in [6.07, 6.45) is 7.07. The van der Waals surface area contributed by atoms with Crippen molar-refractivity contribution in [3.05, 3.63) is 35.4 Å². The van der Waals surface area contributed by atoms with Crippen molar-refractivity contribution in [3.63, 3.8) is 0 Å². The summed E-state index contributed by atoms with van der Waals surface area (Å²) in [7, 11) is 1.92. The summed E-state index contributed by atoms with van der Waals surface area (Å²) in [4.78, 5) is 14.9. The van der Waals surface area contributed by atoms with Gasteiger partial charge in [0.2, 0.25) is 5.91 Å². The molecule has 2 aliphatic rings. The van der Waals surface area contributed by atoms with Crippen molar-refractivity contribution in [2.45, 2.75) is 38.0 Å². The van der Waals surface area contributed by atoms with Gasteiger partial charge in [0, 0.05) is 43.9 Å². The van der Waals surface area contributed by atoms with E-state index in [0.29, 0.717) is 17.7 Å². The van der Waals surface area contributed by atoms with E-state index in [1.807, 2.05) is 31.0 Å². The van der Waals surface area contributed by atoms with Gasteiger partial charge >= 0.3 is 0 Å². The number of nitrogens with zero attached hydrogens (tertiary/aromatic N) is 4. The van der Waals surface area contributed by atoms with Gasteiger partial charge in [-0.15, -0.1) is 0 Å². The molecule has 122 valence electrons. The Bertz CT molecular complexity index is 718. The normalized spacial score (nSPS) is 27.2. The zero-order chi connectivity index (χ0) is 16.0. The second-order valence-electron chi connectivity index (χ2n) is 7.00. The summed E-state index contributed by atoms with van der Waals surface area (Å²) in [6.45, 7) is 3.71. The molecule has 1 N–H and O–H groups in total. The molecule has 1 aliphatic carbocycles. The highest BCUT2D eigenvalue weighted by Gasteiger charge is 2.47. The molecule has 4 rings (SSSR count). The van der Waals surface area contributed by atoms with Gasteiger partial charge in [-0.1, -0.05) is 0 Å². The van der Waals surface area contributed by atoms with Crippen molar-refractivity contribution in [2.24, 2.45) is 13.0 Å². The summed E-state index contributed by atoms with van der Waals surface area (Å²) in [5.41, 5.74) is 3.38. The van der Waals surface area contributed by atoms with Crippen molar-refractivity contribution in [1.29, 1.82) is 0 Å². The van der Waals surface area contributed by atoms with Crippen LogP contribution in [0.1, 0.15) is 48.0 Å². The smallest absolute Gasteiger partial charge is 0.226 e. The number of carbonyl (C=O) groups is 1. The number of carbonyl (C=O) groups excluding carboxylic acids is 1. The molecular formula is C17H23N5O. The average Bonchev–Trinajstić information content (AvgIpc) is 3.04. The standard InChI is InChI=1S/C17H23N5O/c1-11-6-16(20-19-11)12-4-3-5-22(10-12)17(23)15-7-14(15)13-8-18-21(2)9-13/h6,8-9,12,14-15H,3-5,7,10H2,1-2H3,(H,19,20). The van der Waals surface area contributed by atoms with Gasteiger partial charge in [-0.25, -0.2) is 0 Å². The Morgan fingerprint density at radius 1 is 1.43 bits per heavy atom. The third-order valence-electron chi connectivity index (χ3n) is 5.14. The van der Waals surface area contributed by atoms with E-state index in [0.717, 1.165) is 43.7 Å². The molecule has 23 heavy (non-hydrogen) atoms. The summed E-state index contributed by atoms with van der Waals surface area (Å²) in [6, 6.07) is 2.11. The van der Waals surface area contributed by atoms with Crippen LogP contribution in [0.15, 0.2) is 18.5 Å². The first-order chi connectivity index (χ1) is 11.1. The third-order valence-corrected chi connectivity index (χ3v) is 5.14. The monoisotopic (exact) mass is 313 g/mol. The molecule has 2 aromatic rings. The maximum atomic E-state index is 12.8. The van der Waals surface area contributed by atoms with Gasteiger partial charge in [-0.3, -0.25) is 14.6 Å². The lowest BCUT2D eigenvalue weighted by molar-refractivity contribution is -0.133. The van der Waals surface area contributed by atoms with E-state index in [4.69, 9.17) is 0 Å². The lowest BCUT2D eigenvalue weighted by Gasteiger charge is -2.32. The lowest BCUT2D eigenvalue weighted by atomic mass is 9.94. The number of amides is 1. The number of likely N-dealkylation sites (tertiary alicyclic amines) is 1. The van der Waals surface area contributed by atoms with Gasteiger partial charge in [0.1, 0.15) is 0 Å². The molecule has 3 atom stereocenters. The quantitative estimate of drug-likeness (QED) is 0.942. The minimum absolute atomic E-state index is 0.152. The molecule has 3 unspecified atom stereocenters. The molecule has 6 heteroatoms. The first-order valence-corrected chi connectivity index (χ1v) is 8.41. The Labute approximate surface area is 135 Å². The van der Waals surface area contributed by atoms with Crippen LogP contribution in [0.2, 0.25) is 0 Å². The number of piperidine rings is 1. The SMILES string of the molecule is Cc1cc(C2CCCN(C(=O)C3CC3c3cnn(C)c3)C2)n[nH]1. The van der Waals surface area contributed by atoms with E-state index in [-0.39, 0.29) is 5.92 Å². The van der Waals surface area contributed by atoms with Crippen LogP contribution >= 0.6 is 0 Å². The van der Waals surface area contributed by atoms with Crippen LogP contribution in [0, 0.1) is 12.8 Å². The minimum atomic E-state index is 0.152. The van der Waals surface area contributed by atoms with E-state index in [9.17, 15) is 4.79 Å². The topological polar surface area (TPSA) is 66.8 Å². The zero-order valence-electron chi connectivity index (χ0n) is 13.7.